The number of likely N-dealkylation sites (N-methyl/N-ethyl adjacent to an activating group) is 1. The average molecular weight is 536 g/mol. The highest BCUT2D eigenvalue weighted by Crippen LogP contribution is 2.21. The van der Waals surface area contributed by atoms with Gasteiger partial charge in [-0.2, -0.15) is 0 Å². The van der Waals surface area contributed by atoms with Gasteiger partial charge in [0.1, 0.15) is 24.0 Å². The summed E-state index contributed by atoms with van der Waals surface area (Å²) in [5.41, 5.74) is 4.80. The lowest BCUT2D eigenvalue weighted by Gasteiger charge is -2.22. The fourth-order valence-corrected chi connectivity index (χ4v) is 4.69. The molecular weight excluding hydrogens is 502 g/mol. The highest BCUT2D eigenvalue weighted by molar-refractivity contribution is 5.88. The maximum Gasteiger partial charge on any atom is 0.242 e. The number of amides is 2. The molecule has 4 aromatic rings. The van der Waals surface area contributed by atoms with E-state index in [9.17, 15) is 9.59 Å². The molecule has 1 aliphatic heterocycles. The molecule has 5 rings (SSSR count). The van der Waals surface area contributed by atoms with E-state index in [-0.39, 0.29) is 18.4 Å². The van der Waals surface area contributed by atoms with Crippen LogP contribution in [0.2, 0.25) is 0 Å². The lowest BCUT2D eigenvalue weighted by molar-refractivity contribution is -0.129. The molecule has 1 aliphatic rings. The highest BCUT2D eigenvalue weighted by Gasteiger charge is 2.21. The topological polar surface area (TPSA) is 111 Å². The van der Waals surface area contributed by atoms with E-state index in [1.807, 2.05) is 96.9 Å². The van der Waals surface area contributed by atoms with Crippen LogP contribution in [0.15, 0.2) is 91.3 Å². The first-order valence-electron chi connectivity index (χ1n) is 13.3. The molecule has 0 aliphatic carbocycles. The fourth-order valence-electron chi connectivity index (χ4n) is 4.69. The molecule has 0 radical (unpaired) electrons. The monoisotopic (exact) mass is 535 g/mol. The molecule has 0 saturated carbocycles. The van der Waals surface area contributed by atoms with Gasteiger partial charge in [0, 0.05) is 30.5 Å². The van der Waals surface area contributed by atoms with Crippen molar-refractivity contribution >= 4 is 34.8 Å². The summed E-state index contributed by atoms with van der Waals surface area (Å²) in [6.45, 7) is 1.06. The molecule has 0 saturated heterocycles. The van der Waals surface area contributed by atoms with Crippen molar-refractivity contribution in [2.75, 3.05) is 24.2 Å². The molecule has 1 aromatic heterocycles. The number of carbonyl (C=O) groups excluding carboxylic acids is 2. The first-order chi connectivity index (χ1) is 19.5. The number of rotatable bonds is 3. The summed E-state index contributed by atoms with van der Waals surface area (Å²) in [4.78, 5) is 37.0. The number of nitrogens with zero attached hydrogens (tertiary/aromatic N) is 3. The van der Waals surface area contributed by atoms with Crippen molar-refractivity contribution in [3.63, 3.8) is 0 Å². The molecule has 40 heavy (non-hydrogen) atoms. The summed E-state index contributed by atoms with van der Waals surface area (Å²) < 4.78 is 0. The third kappa shape index (κ3) is 7.64. The normalized spacial score (nSPS) is 16.6. The van der Waals surface area contributed by atoms with Crippen LogP contribution < -0.4 is 21.3 Å². The molecule has 4 N–H and O–H groups in total. The van der Waals surface area contributed by atoms with Crippen LogP contribution in [0.5, 0.6) is 0 Å². The number of nitrogens with one attached hydrogen (secondary N) is 4. The van der Waals surface area contributed by atoms with Gasteiger partial charge in [-0.05, 0) is 60.8 Å². The molecule has 204 valence electrons. The van der Waals surface area contributed by atoms with E-state index in [2.05, 4.69) is 31.2 Å². The molecule has 1 atom stereocenters. The predicted molar refractivity (Wildman–Crippen MR) is 156 cm³/mol. The third-order valence-electron chi connectivity index (χ3n) is 6.61. The van der Waals surface area contributed by atoms with Crippen LogP contribution in [0.25, 0.3) is 0 Å². The minimum Gasteiger partial charge on any atom is -0.350 e. The van der Waals surface area contributed by atoms with Crippen molar-refractivity contribution in [2.45, 2.75) is 32.0 Å². The quantitative estimate of drug-likeness (QED) is 0.312. The highest BCUT2D eigenvalue weighted by atomic mass is 16.2. The number of carbonyl (C=O) groups is 2. The van der Waals surface area contributed by atoms with E-state index in [1.54, 1.807) is 0 Å². The summed E-state index contributed by atoms with van der Waals surface area (Å²) in [5, 5.41) is 12.6. The fraction of sp³-hybridized carbons (Fsp3) is 0.226. The zero-order valence-corrected chi connectivity index (χ0v) is 22.4. The molecule has 0 spiro atoms. The van der Waals surface area contributed by atoms with Crippen molar-refractivity contribution in [1.29, 1.82) is 0 Å². The second kappa shape index (κ2) is 12.9. The van der Waals surface area contributed by atoms with Crippen molar-refractivity contribution in [3.8, 4) is 0 Å². The molecule has 9 heteroatoms. The lowest BCUT2D eigenvalue weighted by atomic mass is 10.0. The number of hydrogen-bond donors (Lipinski definition) is 4. The molecule has 2 amide bonds. The lowest BCUT2D eigenvalue weighted by Crippen LogP contribution is -2.49. The molecule has 2 heterocycles. The Kier molecular flexibility index (Phi) is 8.63. The van der Waals surface area contributed by atoms with Gasteiger partial charge in [-0.1, -0.05) is 54.6 Å². The van der Waals surface area contributed by atoms with Gasteiger partial charge in [-0.25, -0.2) is 9.97 Å². The zero-order valence-electron chi connectivity index (χ0n) is 22.4. The Bertz CT molecular complexity index is 1460. The number of anilines is 4. The van der Waals surface area contributed by atoms with E-state index in [0.717, 1.165) is 28.1 Å². The zero-order chi connectivity index (χ0) is 27.7. The summed E-state index contributed by atoms with van der Waals surface area (Å²) in [7, 11) is 1.89. The van der Waals surface area contributed by atoms with Crippen LogP contribution in [0.3, 0.4) is 0 Å². The van der Waals surface area contributed by atoms with Crippen LogP contribution >= 0.6 is 0 Å². The van der Waals surface area contributed by atoms with Crippen LogP contribution in [-0.4, -0.2) is 46.3 Å². The van der Waals surface area contributed by atoms with Gasteiger partial charge in [0.25, 0.3) is 0 Å². The Morgan fingerprint density at radius 3 is 2.20 bits per heavy atom. The van der Waals surface area contributed by atoms with E-state index in [0.29, 0.717) is 37.6 Å². The molecule has 6 bridgehead atoms. The molecule has 9 nitrogen and oxygen atoms in total. The maximum atomic E-state index is 13.3. The van der Waals surface area contributed by atoms with Crippen LogP contribution in [0.4, 0.5) is 23.0 Å². The summed E-state index contributed by atoms with van der Waals surface area (Å²) in [6, 6.07) is 26.9. The van der Waals surface area contributed by atoms with Crippen molar-refractivity contribution in [2.24, 2.45) is 0 Å². The van der Waals surface area contributed by atoms with Gasteiger partial charge < -0.3 is 21.3 Å². The summed E-state index contributed by atoms with van der Waals surface area (Å²) >= 11 is 0. The minimum absolute atomic E-state index is 0.162. The van der Waals surface area contributed by atoms with E-state index < -0.39 is 6.04 Å². The largest absolute Gasteiger partial charge is 0.350 e. The van der Waals surface area contributed by atoms with E-state index >= 15 is 0 Å². The first-order valence-corrected chi connectivity index (χ1v) is 13.3. The van der Waals surface area contributed by atoms with Gasteiger partial charge in [0.15, 0.2) is 0 Å². The van der Waals surface area contributed by atoms with Gasteiger partial charge in [-0.3, -0.25) is 14.5 Å². The molecule has 0 fully saturated rings. The maximum absolute atomic E-state index is 13.3. The standard InChI is InChI=1S/C31H33N7O2/c1-38-19-24-10-6-12-26(16-24)36-29-17-28(33-21-34-29)35-25-11-5-9-23(15-25)18-32-31(40)27(37-30(39)20-38)14-13-22-7-3-2-4-8-22/h2-12,15-17,21,27H,13-14,18-20H2,1H3,(H,32,40)(H,37,39)(H2,33,34,35,36). The smallest absolute Gasteiger partial charge is 0.242 e. The van der Waals surface area contributed by atoms with Gasteiger partial charge in [0.05, 0.1) is 6.54 Å². The number of aromatic nitrogens is 2. The Morgan fingerprint density at radius 2 is 1.48 bits per heavy atom. The van der Waals surface area contributed by atoms with Crippen LogP contribution in [0.1, 0.15) is 23.1 Å². The number of hydrogen-bond acceptors (Lipinski definition) is 7. The van der Waals surface area contributed by atoms with Gasteiger partial charge >= 0.3 is 0 Å². The number of fused-ring (bicyclic) bond motifs is 6. The Hall–Kier alpha value is -4.76. The van der Waals surface area contributed by atoms with E-state index in [1.165, 1.54) is 6.33 Å². The Morgan fingerprint density at radius 1 is 0.800 bits per heavy atom. The van der Waals surface area contributed by atoms with Crippen LogP contribution in [-0.2, 0) is 29.1 Å². The van der Waals surface area contributed by atoms with Crippen molar-refractivity contribution in [3.05, 3.63) is 108 Å². The summed E-state index contributed by atoms with van der Waals surface area (Å²) in [6.07, 6.45) is 2.68. The van der Waals surface area contributed by atoms with Crippen LogP contribution in [0, 0.1) is 0 Å². The van der Waals surface area contributed by atoms with E-state index in [4.69, 9.17) is 0 Å². The predicted octanol–water partition coefficient (Wildman–Crippen LogP) is 4.14. The Labute approximate surface area is 234 Å². The number of aryl methyl sites for hydroxylation is 1. The second-order valence-corrected chi connectivity index (χ2v) is 9.97. The summed E-state index contributed by atoms with van der Waals surface area (Å²) in [5.74, 6) is 0.896. The SMILES string of the molecule is CN1CC(=O)NC(CCc2ccccc2)C(=O)NCc2cccc(c2)Nc2cc(ncn2)Nc2cccc(c2)C1. The minimum atomic E-state index is -0.653. The molecule has 3 aromatic carbocycles. The van der Waals surface area contributed by atoms with Crippen molar-refractivity contribution in [1.82, 2.24) is 25.5 Å². The average Bonchev–Trinajstić information content (AvgIpc) is 2.94. The van der Waals surface area contributed by atoms with Crippen molar-refractivity contribution < 1.29 is 9.59 Å². The van der Waals surface area contributed by atoms with Gasteiger partial charge in [-0.15, -0.1) is 0 Å². The number of benzene rings is 3. The first kappa shape index (κ1) is 26.8. The Balaban J connectivity index is 1.39. The molecular formula is C31H33N7O2. The molecule has 1 unspecified atom stereocenters. The van der Waals surface area contributed by atoms with Gasteiger partial charge in [0.2, 0.25) is 11.8 Å². The second-order valence-electron chi connectivity index (χ2n) is 9.97. The third-order valence-corrected chi connectivity index (χ3v) is 6.61.